The summed E-state index contributed by atoms with van der Waals surface area (Å²) in [5.41, 5.74) is -1.34. The molecule has 0 amide bonds. The molecule has 20 heavy (non-hydrogen) atoms. The minimum Gasteiger partial charge on any atom is -0.281 e. The van der Waals surface area contributed by atoms with Gasteiger partial charge in [0.2, 0.25) is 0 Å². The van der Waals surface area contributed by atoms with E-state index in [-0.39, 0.29) is 10.6 Å². The van der Waals surface area contributed by atoms with Crippen LogP contribution < -0.4 is 4.72 Å². The van der Waals surface area contributed by atoms with Gasteiger partial charge in [-0.3, -0.25) is 9.82 Å². The third-order valence-electron chi connectivity index (χ3n) is 2.55. The van der Waals surface area contributed by atoms with Crippen LogP contribution in [0.3, 0.4) is 0 Å². The number of halogens is 3. The van der Waals surface area contributed by atoms with Gasteiger partial charge in [0.25, 0.3) is 10.0 Å². The fourth-order valence-corrected chi connectivity index (χ4v) is 2.85. The molecule has 0 atom stereocenters. The number of aryl methyl sites for hydroxylation is 1. The number of rotatable bonds is 3. The third-order valence-corrected chi connectivity index (χ3v) is 4.03. The fourth-order valence-electron chi connectivity index (χ4n) is 1.63. The van der Waals surface area contributed by atoms with Crippen LogP contribution in [0.2, 0.25) is 0 Å². The molecule has 2 N–H and O–H groups in total. The number of benzene rings is 1. The van der Waals surface area contributed by atoms with Crippen molar-refractivity contribution in [3.05, 3.63) is 41.7 Å². The van der Waals surface area contributed by atoms with E-state index in [1.54, 1.807) is 0 Å². The maximum atomic E-state index is 12.8. The number of aromatic amines is 1. The molecule has 5 nitrogen and oxygen atoms in total. The Bertz CT molecular complexity index is 723. The van der Waals surface area contributed by atoms with Crippen molar-refractivity contribution >= 4 is 15.7 Å². The lowest BCUT2D eigenvalue weighted by Gasteiger charge is -2.14. The average Bonchev–Trinajstić information content (AvgIpc) is 2.75. The van der Waals surface area contributed by atoms with Gasteiger partial charge in [-0.2, -0.15) is 18.3 Å². The lowest BCUT2D eigenvalue weighted by Crippen LogP contribution is -2.17. The number of aromatic nitrogens is 2. The third kappa shape index (κ3) is 2.77. The molecular formula is C11H10F3N3O2S. The number of alkyl halides is 3. The van der Waals surface area contributed by atoms with Crippen LogP contribution in [0.5, 0.6) is 0 Å². The second kappa shape index (κ2) is 4.82. The summed E-state index contributed by atoms with van der Waals surface area (Å²) < 4.78 is 64.4. The lowest BCUT2D eigenvalue weighted by molar-refractivity contribution is -0.136. The maximum Gasteiger partial charge on any atom is 0.418 e. The van der Waals surface area contributed by atoms with Crippen molar-refractivity contribution in [1.29, 1.82) is 0 Å². The standard InChI is InChI=1S/C11H10F3N3O2S/c1-7-10(6-15-16-7)20(18,19)17-9-5-3-2-4-8(9)11(12,13)14/h2-6,17H,1H3,(H,15,16). The maximum absolute atomic E-state index is 12.8. The van der Waals surface area contributed by atoms with Crippen LogP contribution in [-0.4, -0.2) is 18.6 Å². The number of anilines is 1. The lowest BCUT2D eigenvalue weighted by atomic mass is 10.2. The minimum atomic E-state index is -4.65. The largest absolute Gasteiger partial charge is 0.418 e. The number of nitrogens with one attached hydrogen (secondary N) is 2. The van der Waals surface area contributed by atoms with Gasteiger partial charge in [-0.15, -0.1) is 0 Å². The smallest absolute Gasteiger partial charge is 0.281 e. The molecule has 0 aliphatic rings. The monoisotopic (exact) mass is 305 g/mol. The van der Waals surface area contributed by atoms with Gasteiger partial charge in [0.1, 0.15) is 4.90 Å². The van der Waals surface area contributed by atoms with Gasteiger partial charge in [0.15, 0.2) is 0 Å². The molecule has 9 heteroatoms. The fraction of sp³-hybridized carbons (Fsp3) is 0.182. The molecule has 1 aromatic heterocycles. The molecule has 0 spiro atoms. The highest BCUT2D eigenvalue weighted by molar-refractivity contribution is 7.92. The van der Waals surface area contributed by atoms with Gasteiger partial charge in [-0.1, -0.05) is 12.1 Å². The highest BCUT2D eigenvalue weighted by atomic mass is 32.2. The Kier molecular flexibility index (Phi) is 3.46. The Morgan fingerprint density at radius 3 is 2.45 bits per heavy atom. The number of hydrogen-bond donors (Lipinski definition) is 2. The minimum absolute atomic E-state index is 0.200. The molecule has 1 heterocycles. The number of sulfonamides is 1. The summed E-state index contributed by atoms with van der Waals surface area (Å²) in [6.07, 6.45) is -3.61. The summed E-state index contributed by atoms with van der Waals surface area (Å²) in [6, 6.07) is 4.36. The summed E-state index contributed by atoms with van der Waals surface area (Å²) in [5, 5.41) is 5.95. The van der Waals surface area contributed by atoms with E-state index >= 15 is 0 Å². The molecule has 0 aliphatic carbocycles. The highest BCUT2D eigenvalue weighted by Gasteiger charge is 2.34. The Morgan fingerprint density at radius 2 is 1.90 bits per heavy atom. The molecule has 0 aliphatic heterocycles. The zero-order chi connectivity index (χ0) is 15.0. The molecule has 0 unspecified atom stereocenters. The van der Waals surface area contributed by atoms with Crippen molar-refractivity contribution in [2.45, 2.75) is 18.0 Å². The molecular weight excluding hydrogens is 295 g/mol. The van der Waals surface area contributed by atoms with Crippen LogP contribution in [0.15, 0.2) is 35.4 Å². The summed E-state index contributed by atoms with van der Waals surface area (Å²) in [6.45, 7) is 1.46. The van der Waals surface area contributed by atoms with E-state index in [4.69, 9.17) is 0 Å². The first-order chi connectivity index (χ1) is 9.22. The number of H-pyrrole nitrogens is 1. The van der Waals surface area contributed by atoms with Gasteiger partial charge in [-0.05, 0) is 19.1 Å². The molecule has 0 bridgehead atoms. The van der Waals surface area contributed by atoms with Crippen molar-refractivity contribution in [1.82, 2.24) is 10.2 Å². The van der Waals surface area contributed by atoms with Crippen LogP contribution in [0, 0.1) is 6.92 Å². The second-order valence-corrected chi connectivity index (χ2v) is 5.66. The molecule has 0 saturated carbocycles. The van der Waals surface area contributed by atoms with Crippen LogP contribution in [0.1, 0.15) is 11.3 Å². The van der Waals surface area contributed by atoms with Crippen LogP contribution in [0.25, 0.3) is 0 Å². The molecule has 2 aromatic rings. The molecule has 0 fully saturated rings. The van der Waals surface area contributed by atoms with Crippen molar-refractivity contribution in [3.8, 4) is 0 Å². The van der Waals surface area contributed by atoms with Gasteiger partial charge < -0.3 is 0 Å². The van der Waals surface area contributed by atoms with E-state index in [1.165, 1.54) is 19.1 Å². The van der Waals surface area contributed by atoms with Crippen LogP contribution >= 0.6 is 0 Å². The van der Waals surface area contributed by atoms with Crippen molar-refractivity contribution < 1.29 is 21.6 Å². The molecule has 0 saturated heterocycles. The summed E-state index contributed by atoms with van der Waals surface area (Å²) in [7, 11) is -4.13. The summed E-state index contributed by atoms with van der Waals surface area (Å²) in [4.78, 5) is -0.200. The molecule has 1 aromatic carbocycles. The van der Waals surface area contributed by atoms with E-state index < -0.39 is 27.5 Å². The topological polar surface area (TPSA) is 74.8 Å². The van der Waals surface area contributed by atoms with Gasteiger partial charge in [-0.25, -0.2) is 8.42 Å². The van der Waals surface area contributed by atoms with E-state index in [2.05, 4.69) is 10.2 Å². The SMILES string of the molecule is Cc1[nH]ncc1S(=O)(=O)Nc1ccccc1C(F)(F)F. The number of para-hydroxylation sites is 1. The predicted molar refractivity (Wildman–Crippen MR) is 65.6 cm³/mol. The average molecular weight is 305 g/mol. The predicted octanol–water partition coefficient (Wildman–Crippen LogP) is 2.54. The van der Waals surface area contributed by atoms with Gasteiger partial charge in [0, 0.05) is 0 Å². The Hall–Kier alpha value is -2.03. The zero-order valence-electron chi connectivity index (χ0n) is 10.2. The normalized spacial score (nSPS) is 12.4. The number of hydrogen-bond acceptors (Lipinski definition) is 3. The second-order valence-electron chi connectivity index (χ2n) is 4.01. The van der Waals surface area contributed by atoms with Crippen molar-refractivity contribution in [3.63, 3.8) is 0 Å². The first kappa shape index (κ1) is 14.4. The Balaban J connectivity index is 2.44. The molecule has 0 radical (unpaired) electrons. The quantitative estimate of drug-likeness (QED) is 0.915. The van der Waals surface area contributed by atoms with E-state index in [1.807, 2.05) is 4.72 Å². The first-order valence-corrected chi connectivity index (χ1v) is 6.89. The summed E-state index contributed by atoms with van der Waals surface area (Å²) in [5.74, 6) is 0. The van der Waals surface area contributed by atoms with Crippen molar-refractivity contribution in [2.24, 2.45) is 0 Å². The van der Waals surface area contributed by atoms with Gasteiger partial charge in [0.05, 0.1) is 23.1 Å². The van der Waals surface area contributed by atoms with E-state index in [0.717, 1.165) is 18.3 Å². The van der Waals surface area contributed by atoms with Gasteiger partial charge >= 0.3 is 6.18 Å². The van der Waals surface area contributed by atoms with E-state index in [0.29, 0.717) is 0 Å². The molecule has 2 rings (SSSR count). The Morgan fingerprint density at radius 1 is 1.25 bits per heavy atom. The van der Waals surface area contributed by atoms with Crippen molar-refractivity contribution in [2.75, 3.05) is 4.72 Å². The first-order valence-electron chi connectivity index (χ1n) is 5.41. The summed E-state index contributed by atoms with van der Waals surface area (Å²) >= 11 is 0. The van der Waals surface area contributed by atoms with E-state index in [9.17, 15) is 21.6 Å². The highest BCUT2D eigenvalue weighted by Crippen LogP contribution is 2.35. The molecule has 108 valence electrons. The van der Waals surface area contributed by atoms with Crippen LogP contribution in [-0.2, 0) is 16.2 Å². The zero-order valence-corrected chi connectivity index (χ0v) is 11.0. The Labute approximate surface area is 112 Å². The van der Waals surface area contributed by atoms with Crippen LogP contribution in [0.4, 0.5) is 18.9 Å². The number of nitrogens with zero attached hydrogens (tertiary/aromatic N) is 1.